The molecule has 2 unspecified atom stereocenters. The number of carbonyl (C=O) groups is 2. The minimum atomic E-state index is -0.839. The van der Waals surface area contributed by atoms with Crippen LogP contribution in [0.1, 0.15) is 51.6 Å². The quantitative estimate of drug-likeness (QED) is 0.835. The van der Waals surface area contributed by atoms with Crippen LogP contribution in [0.25, 0.3) is 0 Å². The summed E-state index contributed by atoms with van der Waals surface area (Å²) in [5.74, 6) is -0.484. The van der Waals surface area contributed by atoms with Gasteiger partial charge < -0.3 is 15.3 Å². The van der Waals surface area contributed by atoms with Gasteiger partial charge in [0.1, 0.15) is 0 Å². The van der Waals surface area contributed by atoms with Gasteiger partial charge >= 0.3 is 12.0 Å². The summed E-state index contributed by atoms with van der Waals surface area (Å²) < 4.78 is 0. The number of nitrogens with zero attached hydrogens (tertiary/aromatic N) is 1. The molecule has 1 saturated heterocycles. The summed E-state index contributed by atoms with van der Waals surface area (Å²) in [6.07, 6.45) is 2.45. The highest BCUT2D eigenvalue weighted by atomic mass is 16.4. The van der Waals surface area contributed by atoms with Crippen molar-refractivity contribution in [3.8, 4) is 0 Å². The molecule has 0 aromatic heterocycles. The molecule has 0 spiro atoms. The number of hydrogen-bond acceptors (Lipinski definition) is 2. The molecule has 1 fully saturated rings. The lowest BCUT2D eigenvalue weighted by atomic mass is 9.89. The molecule has 24 heavy (non-hydrogen) atoms. The predicted molar refractivity (Wildman–Crippen MR) is 93.7 cm³/mol. The fourth-order valence-electron chi connectivity index (χ4n) is 3.43. The molecule has 5 nitrogen and oxygen atoms in total. The summed E-state index contributed by atoms with van der Waals surface area (Å²) in [5.41, 5.74) is 0.258. The first-order valence-electron chi connectivity index (χ1n) is 8.75. The Morgan fingerprint density at radius 3 is 2.38 bits per heavy atom. The van der Waals surface area contributed by atoms with E-state index in [4.69, 9.17) is 0 Å². The maximum Gasteiger partial charge on any atom is 0.317 e. The Labute approximate surface area is 144 Å². The zero-order valence-corrected chi connectivity index (χ0v) is 14.8. The third kappa shape index (κ3) is 3.89. The summed E-state index contributed by atoms with van der Waals surface area (Å²) in [7, 11) is 0. The molecule has 0 saturated carbocycles. The molecule has 1 aromatic carbocycles. The van der Waals surface area contributed by atoms with E-state index >= 15 is 0 Å². The first kappa shape index (κ1) is 18.3. The van der Waals surface area contributed by atoms with Gasteiger partial charge in [0.25, 0.3) is 0 Å². The highest BCUT2D eigenvalue weighted by Gasteiger charge is 2.42. The van der Waals surface area contributed by atoms with Crippen molar-refractivity contribution in [2.45, 2.75) is 46.1 Å². The van der Waals surface area contributed by atoms with Crippen LogP contribution in [0.15, 0.2) is 30.3 Å². The number of carbonyl (C=O) groups excluding carboxylic acids is 1. The third-order valence-electron chi connectivity index (χ3n) is 5.23. The fraction of sp³-hybridized carbons (Fsp3) is 0.579. The topological polar surface area (TPSA) is 69.6 Å². The molecule has 0 radical (unpaired) electrons. The van der Waals surface area contributed by atoms with Gasteiger partial charge in [-0.05, 0) is 24.8 Å². The second-order valence-electron chi connectivity index (χ2n) is 6.95. The maximum atomic E-state index is 12.7. The molecule has 1 aliphatic rings. The zero-order chi connectivity index (χ0) is 17.7. The first-order chi connectivity index (χ1) is 11.4. The number of rotatable bonds is 6. The van der Waals surface area contributed by atoms with Gasteiger partial charge in [-0.25, -0.2) is 4.79 Å². The molecular weight excluding hydrogens is 304 g/mol. The van der Waals surface area contributed by atoms with Crippen LogP contribution in [-0.2, 0) is 4.79 Å². The van der Waals surface area contributed by atoms with E-state index in [1.165, 1.54) is 0 Å². The fourth-order valence-corrected chi connectivity index (χ4v) is 3.43. The molecular formula is C19H28N2O3. The van der Waals surface area contributed by atoms with Gasteiger partial charge in [-0.15, -0.1) is 0 Å². The molecule has 2 atom stereocenters. The van der Waals surface area contributed by atoms with Crippen LogP contribution in [0.3, 0.4) is 0 Å². The van der Waals surface area contributed by atoms with Crippen molar-refractivity contribution in [2.24, 2.45) is 11.3 Å². The summed E-state index contributed by atoms with van der Waals surface area (Å²) in [6.45, 7) is 6.72. The maximum absolute atomic E-state index is 12.7. The molecule has 2 rings (SSSR count). The number of benzene rings is 1. The average Bonchev–Trinajstić information content (AvgIpc) is 3.00. The van der Waals surface area contributed by atoms with Gasteiger partial charge in [0.15, 0.2) is 0 Å². The van der Waals surface area contributed by atoms with Crippen LogP contribution in [0, 0.1) is 11.3 Å². The SMILES string of the molecule is CCC(CC)C(NC(=O)N1CCC(C)(C(=O)O)C1)c1ccccc1. The lowest BCUT2D eigenvalue weighted by Gasteiger charge is -2.29. The molecule has 1 heterocycles. The van der Waals surface area contributed by atoms with Gasteiger partial charge in [0.05, 0.1) is 11.5 Å². The molecule has 2 N–H and O–H groups in total. The van der Waals surface area contributed by atoms with E-state index in [9.17, 15) is 14.7 Å². The van der Waals surface area contributed by atoms with Crippen molar-refractivity contribution < 1.29 is 14.7 Å². The number of carboxylic acid groups (broad SMARTS) is 1. The predicted octanol–water partition coefficient (Wildman–Crippen LogP) is 3.67. The van der Waals surface area contributed by atoms with Crippen molar-refractivity contribution in [2.75, 3.05) is 13.1 Å². The van der Waals surface area contributed by atoms with Gasteiger partial charge in [0, 0.05) is 13.1 Å². The van der Waals surface area contributed by atoms with E-state index in [0.717, 1.165) is 18.4 Å². The molecule has 5 heteroatoms. The number of hydrogen-bond donors (Lipinski definition) is 2. The van der Waals surface area contributed by atoms with Gasteiger partial charge in [0.2, 0.25) is 0 Å². The van der Waals surface area contributed by atoms with E-state index in [1.807, 2.05) is 30.3 Å². The second-order valence-corrected chi connectivity index (χ2v) is 6.95. The molecule has 1 aliphatic heterocycles. The Balaban J connectivity index is 2.12. The molecule has 132 valence electrons. The van der Waals surface area contributed by atoms with Gasteiger partial charge in [-0.1, -0.05) is 57.0 Å². The Hall–Kier alpha value is -2.04. The highest BCUT2D eigenvalue weighted by molar-refractivity contribution is 5.79. The number of urea groups is 1. The number of likely N-dealkylation sites (tertiary alicyclic amines) is 1. The summed E-state index contributed by atoms with van der Waals surface area (Å²) in [5, 5.41) is 12.5. The Morgan fingerprint density at radius 2 is 1.88 bits per heavy atom. The number of aliphatic carboxylic acids is 1. The van der Waals surface area contributed by atoms with Gasteiger partial charge in [-0.3, -0.25) is 4.79 Å². The Bertz CT molecular complexity index is 571. The van der Waals surface area contributed by atoms with Crippen LogP contribution < -0.4 is 5.32 Å². The van der Waals surface area contributed by atoms with E-state index in [-0.39, 0.29) is 18.6 Å². The van der Waals surface area contributed by atoms with Crippen LogP contribution in [-0.4, -0.2) is 35.1 Å². The van der Waals surface area contributed by atoms with E-state index in [1.54, 1.807) is 11.8 Å². The summed E-state index contributed by atoms with van der Waals surface area (Å²) in [6, 6.07) is 9.78. The minimum absolute atomic E-state index is 0.0506. The zero-order valence-electron chi connectivity index (χ0n) is 14.8. The lowest BCUT2D eigenvalue weighted by Crippen LogP contribution is -2.44. The van der Waals surface area contributed by atoms with Crippen molar-refractivity contribution in [3.05, 3.63) is 35.9 Å². The van der Waals surface area contributed by atoms with Crippen molar-refractivity contribution in [1.29, 1.82) is 0 Å². The summed E-state index contributed by atoms with van der Waals surface area (Å²) in [4.78, 5) is 25.7. The molecule has 2 amide bonds. The van der Waals surface area contributed by atoms with Crippen LogP contribution in [0.4, 0.5) is 4.79 Å². The molecule has 1 aromatic rings. The normalized spacial score (nSPS) is 21.8. The van der Waals surface area contributed by atoms with E-state index in [2.05, 4.69) is 19.2 Å². The van der Waals surface area contributed by atoms with Crippen LogP contribution >= 0.6 is 0 Å². The van der Waals surface area contributed by atoms with Crippen molar-refractivity contribution in [1.82, 2.24) is 10.2 Å². The smallest absolute Gasteiger partial charge is 0.317 e. The van der Waals surface area contributed by atoms with Crippen LogP contribution in [0.5, 0.6) is 0 Å². The minimum Gasteiger partial charge on any atom is -0.481 e. The third-order valence-corrected chi connectivity index (χ3v) is 5.23. The molecule has 0 aliphatic carbocycles. The highest BCUT2D eigenvalue weighted by Crippen LogP contribution is 2.32. The Kier molecular flexibility index (Phi) is 5.86. The lowest BCUT2D eigenvalue weighted by molar-refractivity contribution is -0.147. The second kappa shape index (κ2) is 7.69. The number of amides is 2. The number of carboxylic acids is 1. The Morgan fingerprint density at radius 1 is 1.25 bits per heavy atom. The summed E-state index contributed by atoms with van der Waals surface area (Å²) >= 11 is 0. The van der Waals surface area contributed by atoms with Crippen LogP contribution in [0.2, 0.25) is 0 Å². The standard InChI is InChI=1S/C19H28N2O3/c1-4-14(5-2)16(15-9-7-6-8-10-15)20-18(24)21-12-11-19(3,13-21)17(22)23/h6-10,14,16H,4-5,11-13H2,1-3H3,(H,20,24)(H,22,23). The molecule has 0 bridgehead atoms. The van der Waals surface area contributed by atoms with E-state index < -0.39 is 11.4 Å². The van der Waals surface area contributed by atoms with Gasteiger partial charge in [-0.2, -0.15) is 0 Å². The first-order valence-corrected chi connectivity index (χ1v) is 8.75. The largest absolute Gasteiger partial charge is 0.481 e. The monoisotopic (exact) mass is 332 g/mol. The van der Waals surface area contributed by atoms with Crippen molar-refractivity contribution in [3.63, 3.8) is 0 Å². The number of nitrogens with one attached hydrogen (secondary N) is 1. The van der Waals surface area contributed by atoms with E-state index in [0.29, 0.717) is 18.9 Å². The average molecular weight is 332 g/mol. The van der Waals surface area contributed by atoms with Crippen molar-refractivity contribution >= 4 is 12.0 Å².